The van der Waals surface area contributed by atoms with Crippen LogP contribution in [0.5, 0.6) is 0 Å². The molecule has 6 nitrogen and oxygen atoms in total. The normalized spacial score (nSPS) is 14.5. The van der Waals surface area contributed by atoms with Crippen molar-refractivity contribution in [1.82, 2.24) is 20.0 Å². The molecule has 0 unspecified atom stereocenters. The lowest BCUT2D eigenvalue weighted by molar-refractivity contribution is 0.0342. The number of rotatable bonds is 7. The molecular formula is C24H27ClN4O2. The summed E-state index contributed by atoms with van der Waals surface area (Å²) in [5.74, 6) is -0.122. The molecule has 0 saturated carbocycles. The highest BCUT2D eigenvalue weighted by atomic mass is 35.5. The molecule has 1 amide bonds. The number of carbonyl (C=O) groups is 1. The Bertz CT molecular complexity index is 1040. The van der Waals surface area contributed by atoms with Gasteiger partial charge in [0.25, 0.3) is 5.91 Å². The van der Waals surface area contributed by atoms with Gasteiger partial charge in [-0.15, -0.1) is 0 Å². The van der Waals surface area contributed by atoms with Gasteiger partial charge in [-0.3, -0.25) is 9.69 Å². The molecule has 2 heterocycles. The van der Waals surface area contributed by atoms with E-state index in [1.54, 1.807) is 10.9 Å². The molecule has 31 heavy (non-hydrogen) atoms. The number of hydrogen-bond donors (Lipinski definition) is 1. The Kier molecular flexibility index (Phi) is 7.02. The molecule has 1 aliphatic heterocycles. The molecular weight excluding hydrogens is 412 g/mol. The van der Waals surface area contributed by atoms with Gasteiger partial charge in [0.05, 0.1) is 36.4 Å². The molecule has 1 fully saturated rings. The zero-order valence-electron chi connectivity index (χ0n) is 17.7. The zero-order chi connectivity index (χ0) is 21.6. The molecule has 4 rings (SSSR count). The van der Waals surface area contributed by atoms with Crippen molar-refractivity contribution in [1.29, 1.82) is 0 Å². The van der Waals surface area contributed by atoms with E-state index in [0.29, 0.717) is 23.6 Å². The van der Waals surface area contributed by atoms with E-state index in [0.717, 1.165) is 49.8 Å². The number of aromatic nitrogens is 2. The highest BCUT2D eigenvalue weighted by molar-refractivity contribution is 6.30. The Morgan fingerprint density at radius 2 is 1.90 bits per heavy atom. The van der Waals surface area contributed by atoms with Gasteiger partial charge < -0.3 is 10.1 Å². The van der Waals surface area contributed by atoms with Crippen molar-refractivity contribution < 1.29 is 9.53 Å². The van der Waals surface area contributed by atoms with Crippen LogP contribution in [-0.2, 0) is 24.2 Å². The quantitative estimate of drug-likeness (QED) is 0.608. The van der Waals surface area contributed by atoms with Crippen molar-refractivity contribution in [3.63, 3.8) is 0 Å². The number of nitrogens with zero attached hydrogens (tertiary/aromatic N) is 3. The first kappa shape index (κ1) is 21.6. The fraction of sp³-hybridized carbons (Fsp3) is 0.333. The van der Waals surface area contributed by atoms with Gasteiger partial charge in [-0.1, -0.05) is 48.9 Å². The fourth-order valence-corrected chi connectivity index (χ4v) is 4.05. The molecule has 0 atom stereocenters. The monoisotopic (exact) mass is 438 g/mol. The summed E-state index contributed by atoms with van der Waals surface area (Å²) in [6.45, 7) is 6.88. The highest BCUT2D eigenvalue weighted by Gasteiger charge is 2.17. The van der Waals surface area contributed by atoms with Crippen molar-refractivity contribution >= 4 is 17.5 Å². The summed E-state index contributed by atoms with van der Waals surface area (Å²) in [5, 5.41) is 8.12. The SMILES string of the molecule is CCc1c(C(=O)NCc2cccc(CN3CCOCC3)c2)cnn1-c1cccc(Cl)c1. The fourth-order valence-electron chi connectivity index (χ4n) is 3.87. The molecule has 162 valence electrons. The first-order valence-electron chi connectivity index (χ1n) is 10.6. The Balaban J connectivity index is 1.43. The number of ether oxygens (including phenoxy) is 1. The molecule has 0 bridgehead atoms. The Morgan fingerprint density at radius 1 is 1.13 bits per heavy atom. The number of nitrogens with one attached hydrogen (secondary N) is 1. The van der Waals surface area contributed by atoms with E-state index >= 15 is 0 Å². The van der Waals surface area contributed by atoms with Crippen LogP contribution >= 0.6 is 11.6 Å². The van der Waals surface area contributed by atoms with Crippen LogP contribution < -0.4 is 5.32 Å². The first-order valence-corrected chi connectivity index (χ1v) is 11.0. The van der Waals surface area contributed by atoms with Crippen LogP contribution in [0.2, 0.25) is 5.02 Å². The van der Waals surface area contributed by atoms with E-state index in [-0.39, 0.29) is 5.91 Å². The maximum Gasteiger partial charge on any atom is 0.255 e. The van der Waals surface area contributed by atoms with Crippen molar-refractivity contribution in [2.24, 2.45) is 0 Å². The lowest BCUT2D eigenvalue weighted by Gasteiger charge is -2.26. The van der Waals surface area contributed by atoms with Gasteiger partial charge in [0.2, 0.25) is 0 Å². The van der Waals surface area contributed by atoms with Gasteiger partial charge in [0, 0.05) is 31.2 Å². The summed E-state index contributed by atoms with van der Waals surface area (Å²) in [4.78, 5) is 15.3. The molecule has 2 aromatic carbocycles. The maximum absolute atomic E-state index is 12.9. The number of halogens is 1. The largest absolute Gasteiger partial charge is 0.379 e. The van der Waals surface area contributed by atoms with E-state index in [1.807, 2.05) is 43.3 Å². The summed E-state index contributed by atoms with van der Waals surface area (Å²) in [6, 6.07) is 15.8. The van der Waals surface area contributed by atoms with Crippen LogP contribution in [0.15, 0.2) is 54.7 Å². The number of hydrogen-bond acceptors (Lipinski definition) is 4. The minimum Gasteiger partial charge on any atom is -0.379 e. The average molecular weight is 439 g/mol. The molecule has 1 saturated heterocycles. The third kappa shape index (κ3) is 5.34. The van der Waals surface area contributed by atoms with Crippen molar-refractivity contribution in [3.8, 4) is 5.69 Å². The number of morpholine rings is 1. The second-order valence-electron chi connectivity index (χ2n) is 7.64. The second-order valence-corrected chi connectivity index (χ2v) is 8.08. The molecule has 1 aromatic heterocycles. The van der Waals surface area contributed by atoms with Gasteiger partial charge >= 0.3 is 0 Å². The molecule has 0 aliphatic carbocycles. The van der Waals surface area contributed by atoms with Gasteiger partial charge in [0.15, 0.2) is 0 Å². The summed E-state index contributed by atoms with van der Waals surface area (Å²) in [7, 11) is 0. The van der Waals surface area contributed by atoms with E-state index in [9.17, 15) is 4.79 Å². The summed E-state index contributed by atoms with van der Waals surface area (Å²) >= 11 is 6.12. The Morgan fingerprint density at radius 3 is 2.68 bits per heavy atom. The number of amides is 1. The standard InChI is InChI=1S/C24H27ClN4O2/c1-2-23-22(16-27-29(23)21-8-4-7-20(25)14-21)24(30)26-15-18-5-3-6-19(13-18)17-28-9-11-31-12-10-28/h3-8,13-14,16H,2,9-12,15,17H2,1H3,(H,26,30). The summed E-state index contributed by atoms with van der Waals surface area (Å²) < 4.78 is 7.20. The average Bonchev–Trinajstić information content (AvgIpc) is 3.23. The smallest absolute Gasteiger partial charge is 0.255 e. The van der Waals surface area contributed by atoms with Crippen LogP contribution in [0.4, 0.5) is 0 Å². The maximum atomic E-state index is 12.9. The van der Waals surface area contributed by atoms with Gasteiger partial charge in [-0.2, -0.15) is 5.10 Å². The summed E-state index contributed by atoms with van der Waals surface area (Å²) in [5.41, 5.74) is 4.63. The topological polar surface area (TPSA) is 59.4 Å². The van der Waals surface area contributed by atoms with E-state index in [2.05, 4.69) is 27.4 Å². The van der Waals surface area contributed by atoms with E-state index in [4.69, 9.17) is 16.3 Å². The van der Waals surface area contributed by atoms with Crippen molar-refractivity contribution in [2.45, 2.75) is 26.4 Å². The first-order chi connectivity index (χ1) is 15.1. The lowest BCUT2D eigenvalue weighted by Crippen LogP contribution is -2.35. The number of benzene rings is 2. The molecule has 1 aliphatic rings. The third-order valence-electron chi connectivity index (χ3n) is 5.46. The number of carbonyl (C=O) groups excluding carboxylic acids is 1. The lowest BCUT2D eigenvalue weighted by atomic mass is 10.1. The molecule has 0 radical (unpaired) electrons. The second kappa shape index (κ2) is 10.1. The zero-order valence-corrected chi connectivity index (χ0v) is 18.4. The summed E-state index contributed by atoms with van der Waals surface area (Å²) in [6.07, 6.45) is 2.31. The predicted molar refractivity (Wildman–Crippen MR) is 122 cm³/mol. The predicted octanol–water partition coefficient (Wildman–Crippen LogP) is 3.85. The molecule has 0 spiro atoms. The highest BCUT2D eigenvalue weighted by Crippen LogP contribution is 2.19. The van der Waals surface area contributed by atoms with Crippen molar-refractivity contribution in [3.05, 3.63) is 82.1 Å². The van der Waals surface area contributed by atoms with Crippen LogP contribution in [0.3, 0.4) is 0 Å². The molecule has 3 aromatic rings. The van der Waals surface area contributed by atoms with E-state index in [1.165, 1.54) is 5.56 Å². The minimum atomic E-state index is -0.122. The van der Waals surface area contributed by atoms with Gasteiger partial charge in [-0.05, 0) is 35.7 Å². The Hall–Kier alpha value is -2.67. The van der Waals surface area contributed by atoms with Crippen LogP contribution in [-0.4, -0.2) is 46.9 Å². The van der Waals surface area contributed by atoms with E-state index < -0.39 is 0 Å². The van der Waals surface area contributed by atoms with Crippen LogP contribution in [0, 0.1) is 0 Å². The van der Waals surface area contributed by atoms with Gasteiger partial charge in [0.1, 0.15) is 0 Å². The molecule has 7 heteroatoms. The van der Waals surface area contributed by atoms with Crippen LogP contribution in [0.1, 0.15) is 34.1 Å². The van der Waals surface area contributed by atoms with Crippen molar-refractivity contribution in [2.75, 3.05) is 26.3 Å². The third-order valence-corrected chi connectivity index (χ3v) is 5.69. The minimum absolute atomic E-state index is 0.122. The molecule has 1 N–H and O–H groups in total. The van der Waals surface area contributed by atoms with Crippen LogP contribution in [0.25, 0.3) is 5.69 Å². The van der Waals surface area contributed by atoms with Gasteiger partial charge in [-0.25, -0.2) is 4.68 Å². The Labute approximate surface area is 187 Å².